The molecule has 0 atom stereocenters. The molecule has 0 aliphatic carbocycles. The van der Waals surface area contributed by atoms with Gasteiger partial charge in [-0.05, 0) is 31.2 Å². The van der Waals surface area contributed by atoms with E-state index in [1.807, 2.05) is 6.92 Å². The van der Waals surface area contributed by atoms with Crippen molar-refractivity contribution in [1.82, 2.24) is 4.98 Å². The number of aromatic nitrogens is 1. The normalized spacial score (nSPS) is 10.2. The molecule has 1 aromatic carbocycles. The summed E-state index contributed by atoms with van der Waals surface area (Å²) in [5.41, 5.74) is 1.78. The van der Waals surface area contributed by atoms with E-state index < -0.39 is 0 Å². The second-order valence-corrected chi connectivity index (χ2v) is 2.81. The van der Waals surface area contributed by atoms with E-state index >= 15 is 0 Å². The van der Waals surface area contributed by atoms with Crippen LogP contribution in [0.5, 0.6) is 5.75 Å². The zero-order valence-electron chi connectivity index (χ0n) is 7.19. The predicted octanol–water partition coefficient (Wildman–Crippen LogP) is 2.36. The van der Waals surface area contributed by atoms with Crippen LogP contribution in [0.2, 0.25) is 0 Å². The molecule has 0 fully saturated rings. The van der Waals surface area contributed by atoms with Crippen molar-refractivity contribution in [3.63, 3.8) is 0 Å². The fraction of sp³-hybridized carbons (Fsp3) is 0.100. The summed E-state index contributed by atoms with van der Waals surface area (Å²) in [6.07, 6.45) is 1.41. The molecule has 2 aromatic rings. The minimum absolute atomic E-state index is 0.251. The zero-order chi connectivity index (χ0) is 9.26. The van der Waals surface area contributed by atoms with Crippen molar-refractivity contribution in [3.05, 3.63) is 36.4 Å². The van der Waals surface area contributed by atoms with Gasteiger partial charge < -0.3 is 9.52 Å². The highest BCUT2D eigenvalue weighted by molar-refractivity contribution is 5.60. The first-order valence-corrected chi connectivity index (χ1v) is 3.97. The Kier molecular flexibility index (Phi) is 1.77. The highest BCUT2D eigenvalue weighted by Gasteiger charge is 2.05. The quantitative estimate of drug-likeness (QED) is 0.723. The molecule has 66 valence electrons. The van der Waals surface area contributed by atoms with Crippen LogP contribution in [0.3, 0.4) is 0 Å². The molecule has 0 aliphatic rings. The number of hydrogen-bond acceptors (Lipinski definition) is 3. The maximum absolute atomic E-state index is 9.08. The molecule has 13 heavy (non-hydrogen) atoms. The van der Waals surface area contributed by atoms with Crippen LogP contribution < -0.4 is 0 Å². The summed E-state index contributed by atoms with van der Waals surface area (Å²) in [6, 6.07) is 6.83. The lowest BCUT2D eigenvalue weighted by Crippen LogP contribution is -1.77. The molecule has 2 rings (SSSR count). The van der Waals surface area contributed by atoms with Crippen molar-refractivity contribution < 1.29 is 9.52 Å². The number of nitrogens with zero attached hydrogens (tertiary/aromatic N) is 1. The molecule has 0 radical (unpaired) electrons. The predicted molar refractivity (Wildman–Crippen MR) is 48.3 cm³/mol. The Morgan fingerprint density at radius 3 is 2.46 bits per heavy atom. The average molecular weight is 175 g/mol. The highest BCUT2D eigenvalue weighted by Crippen LogP contribution is 2.23. The van der Waals surface area contributed by atoms with Crippen molar-refractivity contribution in [2.45, 2.75) is 6.92 Å². The summed E-state index contributed by atoms with van der Waals surface area (Å²) in [4.78, 5) is 3.99. The Balaban J connectivity index is 2.47. The minimum atomic E-state index is 0.251. The SMILES string of the molecule is Cc1ncoc1-c1ccc(O)cc1. The molecule has 0 unspecified atom stereocenters. The van der Waals surface area contributed by atoms with E-state index in [1.54, 1.807) is 24.3 Å². The second-order valence-electron chi connectivity index (χ2n) is 2.81. The Bertz CT molecular complexity index is 403. The van der Waals surface area contributed by atoms with Gasteiger partial charge >= 0.3 is 0 Å². The number of phenolic OH excluding ortho intramolecular Hbond substituents is 1. The van der Waals surface area contributed by atoms with Gasteiger partial charge in [-0.1, -0.05) is 0 Å². The van der Waals surface area contributed by atoms with Crippen molar-refractivity contribution in [2.75, 3.05) is 0 Å². The summed E-state index contributed by atoms with van der Waals surface area (Å²) in [7, 11) is 0. The third kappa shape index (κ3) is 1.40. The molecule has 0 spiro atoms. The number of hydrogen-bond donors (Lipinski definition) is 1. The maximum Gasteiger partial charge on any atom is 0.181 e. The number of oxazole rings is 1. The standard InChI is InChI=1S/C10H9NO2/c1-7-10(13-6-11-7)8-2-4-9(12)5-3-8/h2-6,12H,1H3. The highest BCUT2D eigenvalue weighted by atomic mass is 16.3. The zero-order valence-corrected chi connectivity index (χ0v) is 7.19. The third-order valence-corrected chi connectivity index (χ3v) is 1.88. The number of aromatic hydroxyl groups is 1. The van der Waals surface area contributed by atoms with Crippen LogP contribution >= 0.6 is 0 Å². The lowest BCUT2D eigenvalue weighted by molar-refractivity contribution is 0.475. The molecule has 1 heterocycles. The van der Waals surface area contributed by atoms with Gasteiger partial charge in [0.1, 0.15) is 5.75 Å². The first kappa shape index (κ1) is 7.86. The van der Waals surface area contributed by atoms with Gasteiger partial charge in [0.25, 0.3) is 0 Å². The van der Waals surface area contributed by atoms with E-state index in [0.717, 1.165) is 17.0 Å². The van der Waals surface area contributed by atoms with Gasteiger partial charge in [-0.2, -0.15) is 0 Å². The van der Waals surface area contributed by atoms with Crippen molar-refractivity contribution in [2.24, 2.45) is 0 Å². The Morgan fingerprint density at radius 1 is 1.23 bits per heavy atom. The first-order valence-electron chi connectivity index (χ1n) is 3.97. The number of aryl methyl sites for hydroxylation is 1. The fourth-order valence-electron chi connectivity index (χ4n) is 1.19. The van der Waals surface area contributed by atoms with E-state index in [9.17, 15) is 0 Å². The summed E-state index contributed by atoms with van der Waals surface area (Å²) >= 11 is 0. The Morgan fingerprint density at radius 2 is 1.92 bits per heavy atom. The molecule has 0 saturated heterocycles. The molecular weight excluding hydrogens is 166 g/mol. The van der Waals surface area contributed by atoms with Gasteiger partial charge in [0.2, 0.25) is 0 Å². The number of rotatable bonds is 1. The minimum Gasteiger partial charge on any atom is -0.508 e. The smallest absolute Gasteiger partial charge is 0.181 e. The van der Waals surface area contributed by atoms with Crippen molar-refractivity contribution in [1.29, 1.82) is 0 Å². The van der Waals surface area contributed by atoms with Gasteiger partial charge in [0.05, 0.1) is 5.69 Å². The largest absolute Gasteiger partial charge is 0.508 e. The van der Waals surface area contributed by atoms with Crippen LogP contribution in [0.15, 0.2) is 35.1 Å². The van der Waals surface area contributed by atoms with Crippen LogP contribution in [-0.2, 0) is 0 Å². The van der Waals surface area contributed by atoms with Gasteiger partial charge in [-0.15, -0.1) is 0 Å². The number of phenols is 1. The monoisotopic (exact) mass is 175 g/mol. The number of benzene rings is 1. The van der Waals surface area contributed by atoms with Gasteiger partial charge in [0.15, 0.2) is 12.2 Å². The molecule has 0 aliphatic heterocycles. The fourth-order valence-corrected chi connectivity index (χ4v) is 1.19. The van der Waals surface area contributed by atoms with Gasteiger partial charge in [-0.3, -0.25) is 0 Å². The lowest BCUT2D eigenvalue weighted by atomic mass is 10.1. The molecule has 3 heteroatoms. The average Bonchev–Trinajstić information content (AvgIpc) is 2.53. The Hall–Kier alpha value is -1.77. The van der Waals surface area contributed by atoms with E-state index in [2.05, 4.69) is 4.98 Å². The maximum atomic E-state index is 9.08. The van der Waals surface area contributed by atoms with Crippen LogP contribution in [0.1, 0.15) is 5.69 Å². The van der Waals surface area contributed by atoms with E-state index in [-0.39, 0.29) is 5.75 Å². The molecule has 0 bridgehead atoms. The summed E-state index contributed by atoms with van der Waals surface area (Å²) in [5.74, 6) is 1.00. The third-order valence-electron chi connectivity index (χ3n) is 1.88. The molecule has 1 aromatic heterocycles. The Labute approximate surface area is 75.7 Å². The summed E-state index contributed by atoms with van der Waals surface area (Å²) in [5, 5.41) is 9.08. The molecule has 3 nitrogen and oxygen atoms in total. The van der Waals surface area contributed by atoms with Gasteiger partial charge in [0, 0.05) is 5.56 Å². The van der Waals surface area contributed by atoms with Crippen LogP contribution in [-0.4, -0.2) is 10.1 Å². The molecule has 0 saturated carbocycles. The van der Waals surface area contributed by atoms with E-state index in [4.69, 9.17) is 9.52 Å². The lowest BCUT2D eigenvalue weighted by Gasteiger charge is -1.97. The topological polar surface area (TPSA) is 46.3 Å². The van der Waals surface area contributed by atoms with Crippen molar-refractivity contribution in [3.8, 4) is 17.1 Å². The summed E-state index contributed by atoms with van der Waals surface area (Å²) < 4.78 is 5.20. The van der Waals surface area contributed by atoms with Crippen LogP contribution in [0.4, 0.5) is 0 Å². The van der Waals surface area contributed by atoms with Crippen LogP contribution in [0.25, 0.3) is 11.3 Å². The second kappa shape index (κ2) is 2.94. The molecular formula is C10H9NO2. The van der Waals surface area contributed by atoms with Crippen LogP contribution in [0, 0.1) is 6.92 Å². The van der Waals surface area contributed by atoms with E-state index in [0.29, 0.717) is 0 Å². The summed E-state index contributed by atoms with van der Waals surface area (Å²) in [6.45, 7) is 1.88. The van der Waals surface area contributed by atoms with Crippen molar-refractivity contribution >= 4 is 0 Å². The molecule has 1 N–H and O–H groups in total. The molecule has 0 amide bonds. The first-order chi connectivity index (χ1) is 6.27. The van der Waals surface area contributed by atoms with Gasteiger partial charge in [-0.25, -0.2) is 4.98 Å². The van der Waals surface area contributed by atoms with E-state index in [1.165, 1.54) is 6.39 Å².